The molecule has 1 aliphatic rings. The first-order chi connectivity index (χ1) is 18.2. The summed E-state index contributed by atoms with van der Waals surface area (Å²) in [6, 6.07) is 8.72. The zero-order chi connectivity index (χ0) is 26.9. The topological polar surface area (TPSA) is 110 Å². The van der Waals surface area contributed by atoms with Gasteiger partial charge in [0.05, 0.1) is 36.0 Å². The van der Waals surface area contributed by atoms with Gasteiger partial charge in [0.15, 0.2) is 11.6 Å². The van der Waals surface area contributed by atoms with Crippen LogP contribution < -0.4 is 10.1 Å². The van der Waals surface area contributed by atoms with Crippen LogP contribution in [0, 0.1) is 5.82 Å². The number of pyridine rings is 1. The highest BCUT2D eigenvalue weighted by Gasteiger charge is 2.28. The first-order valence-corrected chi connectivity index (χ1v) is 13.2. The van der Waals surface area contributed by atoms with Gasteiger partial charge in [0.25, 0.3) is 0 Å². The van der Waals surface area contributed by atoms with E-state index >= 15 is 0 Å². The number of hydrogen-bond donors (Lipinski definition) is 3. The predicted octanol–water partition coefficient (Wildman–Crippen LogP) is 4.56. The third-order valence-electron chi connectivity index (χ3n) is 7.15. The number of nitrogens with one attached hydrogen (secondary N) is 1. The summed E-state index contributed by atoms with van der Waals surface area (Å²) in [7, 11) is 0. The molecule has 1 aliphatic carbocycles. The molecule has 10 heteroatoms. The molecule has 1 atom stereocenters. The Morgan fingerprint density at radius 1 is 1.18 bits per heavy atom. The van der Waals surface area contributed by atoms with Gasteiger partial charge in [-0.05, 0) is 58.6 Å². The fourth-order valence-corrected chi connectivity index (χ4v) is 4.92. The van der Waals surface area contributed by atoms with E-state index in [9.17, 15) is 14.6 Å². The highest BCUT2D eigenvalue weighted by atomic mass is 19.1. The van der Waals surface area contributed by atoms with Crippen LogP contribution >= 0.6 is 0 Å². The summed E-state index contributed by atoms with van der Waals surface area (Å²) in [5.41, 5.74) is 1.33. The summed E-state index contributed by atoms with van der Waals surface area (Å²) < 4.78 is 23.7. The number of aliphatic hydroxyl groups excluding tert-OH is 1. The number of para-hydroxylation sites is 1. The lowest BCUT2D eigenvalue weighted by Crippen LogP contribution is -2.39. The highest BCUT2D eigenvalue weighted by Crippen LogP contribution is 2.36. The van der Waals surface area contributed by atoms with Gasteiger partial charge in [-0.25, -0.2) is 9.37 Å². The van der Waals surface area contributed by atoms with Crippen LogP contribution in [0.25, 0.3) is 22.2 Å². The number of aliphatic hydroxyl groups is 2. The number of ether oxygens (including phenoxy) is 1. The lowest BCUT2D eigenvalue weighted by atomic mass is 9.93. The Hall–Kier alpha value is -3.50. The SMILES string of the molecule is CCNc1cc2c(cn1)c(-c1cnn(C[C@H](O)C(C)(C)O)c1)nn2[C@H]1CC[C@@H](Oc2ccccc2F)CC1. The molecule has 1 saturated carbocycles. The van der Waals surface area contributed by atoms with Gasteiger partial charge in [-0.2, -0.15) is 10.2 Å². The van der Waals surface area contributed by atoms with Gasteiger partial charge < -0.3 is 20.3 Å². The molecule has 9 nitrogen and oxygen atoms in total. The summed E-state index contributed by atoms with van der Waals surface area (Å²) in [6.07, 6.45) is 7.69. The van der Waals surface area contributed by atoms with Gasteiger partial charge >= 0.3 is 0 Å². The molecule has 3 N–H and O–H groups in total. The van der Waals surface area contributed by atoms with Crippen molar-refractivity contribution >= 4 is 16.7 Å². The normalized spacial score (nSPS) is 19.0. The fourth-order valence-electron chi connectivity index (χ4n) is 4.92. The maximum Gasteiger partial charge on any atom is 0.165 e. The molecule has 0 bridgehead atoms. The summed E-state index contributed by atoms with van der Waals surface area (Å²) >= 11 is 0. The Labute approximate surface area is 221 Å². The maximum absolute atomic E-state index is 14.1. The van der Waals surface area contributed by atoms with E-state index in [1.807, 2.05) is 25.4 Å². The fraction of sp³-hybridized carbons (Fsp3) is 0.464. The van der Waals surface area contributed by atoms with Gasteiger partial charge in [0.2, 0.25) is 0 Å². The molecule has 202 valence electrons. The summed E-state index contributed by atoms with van der Waals surface area (Å²) in [5.74, 6) is 0.750. The Balaban J connectivity index is 1.40. The molecule has 4 aromatic rings. The van der Waals surface area contributed by atoms with Crippen LogP contribution in [0.1, 0.15) is 52.5 Å². The molecule has 0 aliphatic heterocycles. The van der Waals surface area contributed by atoms with Crippen molar-refractivity contribution < 1.29 is 19.3 Å². The molecule has 38 heavy (non-hydrogen) atoms. The van der Waals surface area contributed by atoms with Crippen LogP contribution in [-0.4, -0.2) is 59.1 Å². The van der Waals surface area contributed by atoms with Gasteiger partial charge in [0.1, 0.15) is 17.6 Å². The Morgan fingerprint density at radius 3 is 2.66 bits per heavy atom. The number of halogens is 1. The van der Waals surface area contributed by atoms with Gasteiger partial charge in [0, 0.05) is 36.0 Å². The number of rotatable bonds is 9. The molecule has 5 rings (SSSR count). The first kappa shape index (κ1) is 26.1. The number of fused-ring (bicyclic) bond motifs is 1. The van der Waals surface area contributed by atoms with Crippen molar-refractivity contribution in [2.75, 3.05) is 11.9 Å². The van der Waals surface area contributed by atoms with E-state index in [1.54, 1.807) is 42.9 Å². The second-order valence-corrected chi connectivity index (χ2v) is 10.5. The molecule has 0 spiro atoms. The summed E-state index contributed by atoms with van der Waals surface area (Å²) in [6.45, 7) is 6.09. The van der Waals surface area contributed by atoms with Crippen LogP contribution in [0.5, 0.6) is 5.75 Å². The number of anilines is 1. The van der Waals surface area contributed by atoms with E-state index < -0.39 is 11.7 Å². The van der Waals surface area contributed by atoms with Crippen LogP contribution in [0.4, 0.5) is 10.2 Å². The van der Waals surface area contributed by atoms with E-state index in [2.05, 4.69) is 20.1 Å². The maximum atomic E-state index is 14.1. The molecule has 3 heterocycles. The molecule has 3 aromatic heterocycles. The first-order valence-electron chi connectivity index (χ1n) is 13.2. The van der Waals surface area contributed by atoms with Crippen LogP contribution in [0.15, 0.2) is 48.9 Å². The smallest absolute Gasteiger partial charge is 0.165 e. The third-order valence-corrected chi connectivity index (χ3v) is 7.15. The minimum absolute atomic E-state index is 0.0381. The van der Waals surface area contributed by atoms with E-state index in [4.69, 9.17) is 9.84 Å². The quantitative estimate of drug-likeness (QED) is 0.296. The molecular weight excluding hydrogens is 487 g/mol. The number of aromatic nitrogens is 5. The van der Waals surface area contributed by atoms with Crippen molar-refractivity contribution in [1.29, 1.82) is 0 Å². The van der Waals surface area contributed by atoms with E-state index in [0.717, 1.165) is 60.2 Å². The van der Waals surface area contributed by atoms with Gasteiger partial charge in [-0.15, -0.1) is 0 Å². The van der Waals surface area contributed by atoms with Crippen molar-refractivity contribution in [3.63, 3.8) is 0 Å². The summed E-state index contributed by atoms with van der Waals surface area (Å²) in [5, 5.41) is 34.0. The zero-order valence-corrected chi connectivity index (χ0v) is 22.0. The van der Waals surface area contributed by atoms with Crippen molar-refractivity contribution in [2.24, 2.45) is 0 Å². The largest absolute Gasteiger partial charge is 0.487 e. The second kappa shape index (κ2) is 10.7. The lowest BCUT2D eigenvalue weighted by Gasteiger charge is -2.29. The average molecular weight is 523 g/mol. The molecular formula is C28H35FN6O3. The Kier molecular flexibility index (Phi) is 7.36. The Morgan fingerprint density at radius 2 is 1.95 bits per heavy atom. The molecule has 1 aromatic carbocycles. The Bertz CT molecular complexity index is 1390. The van der Waals surface area contributed by atoms with Crippen LogP contribution in [-0.2, 0) is 6.54 Å². The minimum Gasteiger partial charge on any atom is -0.487 e. The predicted molar refractivity (Wildman–Crippen MR) is 144 cm³/mol. The molecule has 1 fully saturated rings. The lowest BCUT2D eigenvalue weighted by molar-refractivity contribution is -0.0566. The number of benzene rings is 1. The second-order valence-electron chi connectivity index (χ2n) is 10.5. The highest BCUT2D eigenvalue weighted by molar-refractivity contribution is 5.93. The molecule has 0 radical (unpaired) electrons. The van der Waals surface area contributed by atoms with Crippen LogP contribution in [0.3, 0.4) is 0 Å². The standard InChI is InChI=1S/C28H35FN6O3/c1-4-30-26-13-23-21(15-31-26)27(18-14-32-34(16-18)17-25(36)28(2,3)37)33-35(23)19-9-11-20(12-10-19)38-24-8-6-5-7-22(24)29/h5-8,13-16,19-20,25,36-37H,4,9-12,17H2,1-3H3,(H,30,31)/t19-,20+,25-/m0/s1. The van der Waals surface area contributed by atoms with Crippen molar-refractivity contribution in [2.45, 2.75) is 76.9 Å². The molecule has 0 saturated heterocycles. The van der Waals surface area contributed by atoms with E-state index in [0.29, 0.717) is 5.75 Å². The number of hydrogen-bond acceptors (Lipinski definition) is 7. The van der Waals surface area contributed by atoms with Crippen molar-refractivity contribution in [3.05, 3.63) is 54.7 Å². The summed E-state index contributed by atoms with van der Waals surface area (Å²) in [4.78, 5) is 4.58. The van der Waals surface area contributed by atoms with Crippen LogP contribution in [0.2, 0.25) is 0 Å². The monoisotopic (exact) mass is 522 g/mol. The average Bonchev–Trinajstić information content (AvgIpc) is 3.50. The number of nitrogens with zero attached hydrogens (tertiary/aromatic N) is 5. The molecule has 0 amide bonds. The minimum atomic E-state index is -1.23. The van der Waals surface area contributed by atoms with E-state index in [-0.39, 0.29) is 24.5 Å². The molecule has 0 unspecified atom stereocenters. The zero-order valence-electron chi connectivity index (χ0n) is 22.0. The van der Waals surface area contributed by atoms with Crippen molar-refractivity contribution in [1.82, 2.24) is 24.5 Å². The van der Waals surface area contributed by atoms with Gasteiger partial charge in [-0.3, -0.25) is 9.36 Å². The van der Waals surface area contributed by atoms with E-state index in [1.165, 1.54) is 6.07 Å². The third kappa shape index (κ3) is 5.51. The van der Waals surface area contributed by atoms with Crippen molar-refractivity contribution in [3.8, 4) is 17.0 Å². The van der Waals surface area contributed by atoms with Gasteiger partial charge in [-0.1, -0.05) is 12.1 Å².